The molecule has 1 atom stereocenters. The highest BCUT2D eigenvalue weighted by Gasteiger charge is 2.31. The molecular weight excluding hydrogens is 310 g/mol. The first-order chi connectivity index (χ1) is 11.1. The zero-order chi connectivity index (χ0) is 16.3. The van der Waals surface area contributed by atoms with Gasteiger partial charge in [0, 0.05) is 6.54 Å². The number of ether oxygens (including phenoxy) is 1. The van der Waals surface area contributed by atoms with E-state index in [2.05, 4.69) is 0 Å². The van der Waals surface area contributed by atoms with Crippen LogP contribution in [0.5, 0.6) is 5.75 Å². The predicted octanol–water partition coefficient (Wildman–Crippen LogP) is 3.23. The number of rotatable bonds is 4. The minimum Gasteiger partial charge on any atom is -0.489 e. The smallest absolute Gasteiger partial charge is 0.243 e. The van der Waals surface area contributed by atoms with E-state index >= 15 is 0 Å². The molecular formula is C18H21NO3S. The standard InChI is InChI=1S/C18H21NO3S/c1-15-8-5-6-12-18(15)23(20,21)19-13-7-11-17(14-19)22-16-9-3-2-4-10-16/h2-6,8-10,12,17H,7,11,13-14H2,1H3. The van der Waals surface area contributed by atoms with E-state index in [1.807, 2.05) is 49.4 Å². The Morgan fingerprint density at radius 2 is 1.74 bits per heavy atom. The Morgan fingerprint density at radius 1 is 1.04 bits per heavy atom. The highest BCUT2D eigenvalue weighted by Crippen LogP contribution is 2.25. The fourth-order valence-electron chi connectivity index (χ4n) is 2.90. The summed E-state index contributed by atoms with van der Waals surface area (Å²) in [7, 11) is -3.46. The second kappa shape index (κ2) is 6.72. The van der Waals surface area contributed by atoms with E-state index in [0.717, 1.165) is 24.2 Å². The lowest BCUT2D eigenvalue weighted by molar-refractivity contribution is 0.130. The molecule has 23 heavy (non-hydrogen) atoms. The fourth-order valence-corrected chi connectivity index (χ4v) is 4.63. The average molecular weight is 331 g/mol. The van der Waals surface area contributed by atoms with Gasteiger partial charge in [-0.3, -0.25) is 0 Å². The van der Waals surface area contributed by atoms with Crippen molar-refractivity contribution in [2.24, 2.45) is 0 Å². The summed E-state index contributed by atoms with van der Waals surface area (Å²) >= 11 is 0. The summed E-state index contributed by atoms with van der Waals surface area (Å²) in [5.41, 5.74) is 0.776. The highest BCUT2D eigenvalue weighted by atomic mass is 32.2. The van der Waals surface area contributed by atoms with Gasteiger partial charge in [-0.15, -0.1) is 0 Å². The van der Waals surface area contributed by atoms with Gasteiger partial charge in [-0.2, -0.15) is 4.31 Å². The van der Waals surface area contributed by atoms with E-state index in [4.69, 9.17) is 4.74 Å². The van der Waals surface area contributed by atoms with Crippen LogP contribution in [0.3, 0.4) is 0 Å². The van der Waals surface area contributed by atoms with E-state index in [1.54, 1.807) is 16.4 Å². The van der Waals surface area contributed by atoms with Crippen molar-refractivity contribution in [2.75, 3.05) is 13.1 Å². The molecule has 2 aromatic carbocycles. The Labute approximate surface area is 137 Å². The lowest BCUT2D eigenvalue weighted by Crippen LogP contribution is -2.44. The molecule has 2 aromatic rings. The SMILES string of the molecule is Cc1ccccc1S(=O)(=O)N1CCCC(Oc2ccccc2)C1. The highest BCUT2D eigenvalue weighted by molar-refractivity contribution is 7.89. The molecule has 5 heteroatoms. The number of nitrogens with zero attached hydrogens (tertiary/aromatic N) is 1. The van der Waals surface area contributed by atoms with Gasteiger partial charge in [-0.25, -0.2) is 8.42 Å². The average Bonchev–Trinajstić information content (AvgIpc) is 2.56. The summed E-state index contributed by atoms with van der Waals surface area (Å²) in [5, 5.41) is 0. The zero-order valence-electron chi connectivity index (χ0n) is 13.2. The van der Waals surface area contributed by atoms with Gasteiger partial charge in [-0.05, 0) is 43.5 Å². The summed E-state index contributed by atoms with van der Waals surface area (Å²) in [6, 6.07) is 16.7. The number of aryl methyl sites for hydroxylation is 1. The molecule has 0 N–H and O–H groups in total. The molecule has 0 spiro atoms. The van der Waals surface area contributed by atoms with E-state index in [0.29, 0.717) is 18.0 Å². The molecule has 0 bridgehead atoms. The summed E-state index contributed by atoms with van der Waals surface area (Å²) < 4.78 is 33.2. The van der Waals surface area contributed by atoms with Crippen LogP contribution in [0.2, 0.25) is 0 Å². The van der Waals surface area contributed by atoms with E-state index in [1.165, 1.54) is 0 Å². The first-order valence-corrected chi connectivity index (χ1v) is 9.29. The van der Waals surface area contributed by atoms with Crippen LogP contribution >= 0.6 is 0 Å². The van der Waals surface area contributed by atoms with Crippen molar-refractivity contribution in [3.63, 3.8) is 0 Å². The minimum atomic E-state index is -3.46. The third-order valence-electron chi connectivity index (χ3n) is 4.10. The molecule has 0 amide bonds. The van der Waals surface area contributed by atoms with Crippen LogP contribution in [0.25, 0.3) is 0 Å². The van der Waals surface area contributed by atoms with Gasteiger partial charge in [-0.1, -0.05) is 36.4 Å². The normalized spacial score (nSPS) is 19.4. The topological polar surface area (TPSA) is 46.6 Å². The Bertz CT molecular complexity index is 759. The van der Waals surface area contributed by atoms with Crippen molar-refractivity contribution in [3.8, 4) is 5.75 Å². The number of benzene rings is 2. The van der Waals surface area contributed by atoms with Gasteiger partial charge >= 0.3 is 0 Å². The second-order valence-corrected chi connectivity index (χ2v) is 7.73. The molecule has 0 aromatic heterocycles. The minimum absolute atomic E-state index is 0.107. The predicted molar refractivity (Wildman–Crippen MR) is 90.0 cm³/mol. The summed E-state index contributed by atoms with van der Waals surface area (Å²) in [6.07, 6.45) is 1.57. The van der Waals surface area contributed by atoms with Gasteiger partial charge < -0.3 is 4.74 Å². The van der Waals surface area contributed by atoms with E-state index in [9.17, 15) is 8.42 Å². The van der Waals surface area contributed by atoms with Gasteiger partial charge in [0.15, 0.2) is 0 Å². The molecule has 0 radical (unpaired) electrons. The van der Waals surface area contributed by atoms with Crippen LogP contribution in [0.1, 0.15) is 18.4 Å². The molecule has 0 saturated carbocycles. The maximum atomic E-state index is 12.9. The van der Waals surface area contributed by atoms with Crippen molar-refractivity contribution in [1.82, 2.24) is 4.31 Å². The maximum absolute atomic E-state index is 12.9. The maximum Gasteiger partial charge on any atom is 0.243 e. The van der Waals surface area contributed by atoms with Crippen LogP contribution in [0, 0.1) is 6.92 Å². The van der Waals surface area contributed by atoms with E-state index < -0.39 is 10.0 Å². The van der Waals surface area contributed by atoms with Crippen molar-refractivity contribution in [1.29, 1.82) is 0 Å². The molecule has 122 valence electrons. The van der Waals surface area contributed by atoms with Gasteiger partial charge in [0.2, 0.25) is 10.0 Å². The molecule has 1 saturated heterocycles. The number of piperidine rings is 1. The van der Waals surface area contributed by atoms with E-state index in [-0.39, 0.29) is 6.10 Å². The summed E-state index contributed by atoms with van der Waals surface area (Å²) in [4.78, 5) is 0.389. The Balaban J connectivity index is 1.77. The Morgan fingerprint density at radius 3 is 2.48 bits per heavy atom. The van der Waals surface area contributed by atoms with Gasteiger partial charge in [0.05, 0.1) is 11.4 Å². The number of hydrogen-bond acceptors (Lipinski definition) is 3. The zero-order valence-corrected chi connectivity index (χ0v) is 14.0. The summed E-state index contributed by atoms with van der Waals surface area (Å²) in [6.45, 7) is 2.77. The molecule has 0 aliphatic carbocycles. The fraction of sp³-hybridized carbons (Fsp3) is 0.333. The third kappa shape index (κ3) is 3.57. The summed E-state index contributed by atoms with van der Waals surface area (Å²) in [5.74, 6) is 0.785. The van der Waals surface area contributed by atoms with Crippen LogP contribution in [-0.2, 0) is 10.0 Å². The van der Waals surface area contributed by atoms with Crippen molar-refractivity contribution >= 4 is 10.0 Å². The van der Waals surface area contributed by atoms with Gasteiger partial charge in [0.1, 0.15) is 11.9 Å². The second-order valence-electron chi connectivity index (χ2n) is 5.82. The monoisotopic (exact) mass is 331 g/mol. The lowest BCUT2D eigenvalue weighted by atomic mass is 10.1. The van der Waals surface area contributed by atoms with Crippen LogP contribution in [-0.4, -0.2) is 31.9 Å². The number of para-hydroxylation sites is 1. The molecule has 4 nitrogen and oxygen atoms in total. The molecule has 1 aliphatic rings. The van der Waals surface area contributed by atoms with Crippen LogP contribution < -0.4 is 4.74 Å². The molecule has 3 rings (SSSR count). The van der Waals surface area contributed by atoms with Crippen molar-refractivity contribution in [2.45, 2.75) is 30.8 Å². The van der Waals surface area contributed by atoms with Crippen LogP contribution in [0.4, 0.5) is 0 Å². The first-order valence-electron chi connectivity index (χ1n) is 7.85. The lowest BCUT2D eigenvalue weighted by Gasteiger charge is -2.32. The number of sulfonamides is 1. The molecule has 1 heterocycles. The Hall–Kier alpha value is -1.85. The first kappa shape index (κ1) is 16.0. The quantitative estimate of drug-likeness (QED) is 0.864. The van der Waals surface area contributed by atoms with Crippen molar-refractivity contribution in [3.05, 3.63) is 60.2 Å². The Kier molecular flexibility index (Phi) is 4.68. The van der Waals surface area contributed by atoms with Gasteiger partial charge in [0.25, 0.3) is 0 Å². The molecule has 1 unspecified atom stereocenters. The molecule has 1 aliphatic heterocycles. The van der Waals surface area contributed by atoms with Crippen molar-refractivity contribution < 1.29 is 13.2 Å². The molecule has 1 fully saturated rings. The largest absolute Gasteiger partial charge is 0.489 e. The third-order valence-corrected chi connectivity index (χ3v) is 6.12. The van der Waals surface area contributed by atoms with Crippen LogP contribution in [0.15, 0.2) is 59.5 Å². The number of hydrogen-bond donors (Lipinski definition) is 0.